The number of benzene rings is 1. The van der Waals surface area contributed by atoms with Crippen molar-refractivity contribution in [2.45, 2.75) is 26.3 Å². The van der Waals surface area contributed by atoms with E-state index in [2.05, 4.69) is 10.6 Å². The van der Waals surface area contributed by atoms with Crippen molar-refractivity contribution in [2.75, 3.05) is 32.2 Å². The Kier molecular flexibility index (Phi) is 7.50. The van der Waals surface area contributed by atoms with E-state index in [4.69, 9.17) is 9.47 Å². The summed E-state index contributed by atoms with van der Waals surface area (Å²) in [7, 11) is 1.65. The van der Waals surface area contributed by atoms with Gasteiger partial charge in [0.25, 0.3) is 0 Å². The van der Waals surface area contributed by atoms with Gasteiger partial charge in [-0.25, -0.2) is 0 Å². The lowest BCUT2D eigenvalue weighted by Crippen LogP contribution is -2.38. The maximum Gasteiger partial charge on any atom is 0.242 e. The molecule has 1 rings (SSSR count). The Labute approximate surface area is 120 Å². The molecular weight excluding hydrogens is 256 g/mol. The van der Waals surface area contributed by atoms with Crippen LogP contribution in [0.3, 0.4) is 0 Å². The van der Waals surface area contributed by atoms with Gasteiger partial charge in [-0.15, -0.1) is 0 Å². The summed E-state index contributed by atoms with van der Waals surface area (Å²) >= 11 is 0. The van der Waals surface area contributed by atoms with Crippen molar-refractivity contribution < 1.29 is 14.3 Å². The molecule has 0 aromatic heterocycles. The van der Waals surface area contributed by atoms with Gasteiger partial charge in [-0.2, -0.15) is 0 Å². The summed E-state index contributed by atoms with van der Waals surface area (Å²) in [5.41, 5.74) is 0.871. The number of amides is 1. The van der Waals surface area contributed by atoms with Gasteiger partial charge < -0.3 is 20.1 Å². The molecule has 0 bridgehead atoms. The van der Waals surface area contributed by atoms with Crippen LogP contribution in [0.15, 0.2) is 24.3 Å². The number of rotatable bonds is 9. The summed E-state index contributed by atoms with van der Waals surface area (Å²) in [6, 6.07) is 7.30. The number of carbonyl (C=O) groups excluding carboxylic acids is 1. The van der Waals surface area contributed by atoms with Crippen LogP contribution in [0.2, 0.25) is 0 Å². The van der Waals surface area contributed by atoms with Gasteiger partial charge >= 0.3 is 0 Å². The molecule has 0 heterocycles. The van der Waals surface area contributed by atoms with Crippen LogP contribution in [0, 0.1) is 0 Å². The standard InChI is InChI=1S/C15H24N2O3/c1-4-20-14-8-5-7-13(11-14)17-12(2)15(18)16-9-6-10-19-3/h5,7-8,11-12,17H,4,6,9-10H2,1-3H3,(H,16,18). The summed E-state index contributed by atoms with van der Waals surface area (Å²) < 4.78 is 10.4. The van der Waals surface area contributed by atoms with Gasteiger partial charge in [0.2, 0.25) is 5.91 Å². The van der Waals surface area contributed by atoms with Crippen LogP contribution in [-0.4, -0.2) is 38.8 Å². The zero-order valence-corrected chi connectivity index (χ0v) is 12.4. The second kappa shape index (κ2) is 9.20. The summed E-state index contributed by atoms with van der Waals surface area (Å²) in [5.74, 6) is 0.771. The Morgan fingerprint density at radius 3 is 2.90 bits per heavy atom. The molecule has 1 unspecified atom stereocenters. The minimum atomic E-state index is -0.297. The molecule has 0 saturated heterocycles. The monoisotopic (exact) mass is 280 g/mol. The molecule has 5 heteroatoms. The lowest BCUT2D eigenvalue weighted by atomic mass is 10.2. The van der Waals surface area contributed by atoms with Crippen LogP contribution in [0.25, 0.3) is 0 Å². The smallest absolute Gasteiger partial charge is 0.242 e. The van der Waals surface area contributed by atoms with E-state index in [0.717, 1.165) is 17.9 Å². The molecule has 0 aliphatic heterocycles. The van der Waals surface area contributed by atoms with Crippen molar-refractivity contribution in [2.24, 2.45) is 0 Å². The average molecular weight is 280 g/mol. The first-order valence-electron chi connectivity index (χ1n) is 6.93. The van der Waals surface area contributed by atoms with E-state index in [-0.39, 0.29) is 11.9 Å². The molecule has 1 amide bonds. The molecule has 0 aliphatic rings. The number of nitrogens with one attached hydrogen (secondary N) is 2. The van der Waals surface area contributed by atoms with Gasteiger partial charge in [0.05, 0.1) is 6.61 Å². The van der Waals surface area contributed by atoms with Crippen molar-refractivity contribution >= 4 is 11.6 Å². The number of methoxy groups -OCH3 is 1. The SMILES string of the molecule is CCOc1cccc(NC(C)C(=O)NCCCOC)c1. The van der Waals surface area contributed by atoms with E-state index in [1.807, 2.05) is 38.1 Å². The minimum Gasteiger partial charge on any atom is -0.494 e. The van der Waals surface area contributed by atoms with E-state index in [9.17, 15) is 4.79 Å². The largest absolute Gasteiger partial charge is 0.494 e. The first-order chi connectivity index (χ1) is 9.67. The molecule has 0 spiro atoms. The van der Waals surface area contributed by atoms with Crippen molar-refractivity contribution in [3.63, 3.8) is 0 Å². The van der Waals surface area contributed by atoms with Gasteiger partial charge in [0.15, 0.2) is 0 Å². The van der Waals surface area contributed by atoms with Gasteiger partial charge in [-0.1, -0.05) is 6.07 Å². The molecule has 1 atom stereocenters. The van der Waals surface area contributed by atoms with Crippen LogP contribution < -0.4 is 15.4 Å². The summed E-state index contributed by atoms with van der Waals surface area (Å²) in [6.45, 7) is 5.67. The van der Waals surface area contributed by atoms with Crippen molar-refractivity contribution in [3.8, 4) is 5.75 Å². The molecular formula is C15H24N2O3. The predicted octanol–water partition coefficient (Wildman–Crippen LogP) is 2.04. The lowest BCUT2D eigenvalue weighted by Gasteiger charge is -2.16. The normalized spacial score (nSPS) is 11.8. The molecule has 2 N–H and O–H groups in total. The number of hydrogen-bond donors (Lipinski definition) is 2. The van der Waals surface area contributed by atoms with Crippen LogP contribution >= 0.6 is 0 Å². The first kappa shape index (κ1) is 16.3. The number of hydrogen-bond acceptors (Lipinski definition) is 4. The topological polar surface area (TPSA) is 59.6 Å². The zero-order chi connectivity index (χ0) is 14.8. The van der Waals surface area contributed by atoms with Crippen LogP contribution in [0.4, 0.5) is 5.69 Å². The highest BCUT2D eigenvalue weighted by atomic mass is 16.5. The molecule has 0 fully saturated rings. The summed E-state index contributed by atoms with van der Waals surface area (Å²) in [5, 5.41) is 6.02. The molecule has 1 aromatic carbocycles. The number of ether oxygens (including phenoxy) is 2. The van der Waals surface area contributed by atoms with E-state index in [1.54, 1.807) is 7.11 Å². The van der Waals surface area contributed by atoms with E-state index in [1.165, 1.54) is 0 Å². The van der Waals surface area contributed by atoms with Gasteiger partial charge in [0, 0.05) is 32.0 Å². The minimum absolute atomic E-state index is 0.0251. The molecule has 0 aliphatic carbocycles. The molecule has 0 saturated carbocycles. The highest BCUT2D eigenvalue weighted by molar-refractivity contribution is 5.84. The highest BCUT2D eigenvalue weighted by Crippen LogP contribution is 2.17. The predicted molar refractivity (Wildman–Crippen MR) is 80.2 cm³/mol. The first-order valence-corrected chi connectivity index (χ1v) is 6.93. The highest BCUT2D eigenvalue weighted by Gasteiger charge is 2.11. The van der Waals surface area contributed by atoms with E-state index >= 15 is 0 Å². The fourth-order valence-electron chi connectivity index (χ4n) is 1.74. The quantitative estimate of drug-likeness (QED) is 0.680. The van der Waals surface area contributed by atoms with Crippen molar-refractivity contribution in [3.05, 3.63) is 24.3 Å². The average Bonchev–Trinajstić information content (AvgIpc) is 2.44. The van der Waals surface area contributed by atoms with Gasteiger partial charge in [-0.3, -0.25) is 4.79 Å². The molecule has 5 nitrogen and oxygen atoms in total. The van der Waals surface area contributed by atoms with Gasteiger partial charge in [-0.05, 0) is 32.4 Å². The third kappa shape index (κ3) is 5.93. The molecule has 112 valence electrons. The van der Waals surface area contributed by atoms with Crippen LogP contribution in [0.5, 0.6) is 5.75 Å². The molecule has 20 heavy (non-hydrogen) atoms. The Morgan fingerprint density at radius 1 is 1.40 bits per heavy atom. The fourth-order valence-corrected chi connectivity index (χ4v) is 1.74. The third-order valence-electron chi connectivity index (χ3n) is 2.75. The second-order valence-electron chi connectivity index (χ2n) is 4.46. The molecule has 0 radical (unpaired) electrons. The zero-order valence-electron chi connectivity index (χ0n) is 12.4. The number of carbonyl (C=O) groups is 1. The fraction of sp³-hybridized carbons (Fsp3) is 0.533. The summed E-state index contributed by atoms with van der Waals surface area (Å²) in [6.07, 6.45) is 0.814. The van der Waals surface area contributed by atoms with Crippen molar-refractivity contribution in [1.29, 1.82) is 0 Å². The van der Waals surface area contributed by atoms with E-state index in [0.29, 0.717) is 19.8 Å². The Hall–Kier alpha value is -1.75. The van der Waals surface area contributed by atoms with Crippen LogP contribution in [0.1, 0.15) is 20.3 Å². The van der Waals surface area contributed by atoms with E-state index < -0.39 is 0 Å². The Balaban J connectivity index is 2.42. The lowest BCUT2D eigenvalue weighted by molar-refractivity contribution is -0.121. The second-order valence-corrected chi connectivity index (χ2v) is 4.46. The maximum atomic E-state index is 11.9. The van der Waals surface area contributed by atoms with Gasteiger partial charge in [0.1, 0.15) is 11.8 Å². The Bertz CT molecular complexity index is 410. The number of anilines is 1. The van der Waals surface area contributed by atoms with Crippen molar-refractivity contribution in [1.82, 2.24) is 5.32 Å². The summed E-state index contributed by atoms with van der Waals surface area (Å²) in [4.78, 5) is 11.9. The third-order valence-corrected chi connectivity index (χ3v) is 2.75. The Morgan fingerprint density at radius 2 is 2.20 bits per heavy atom. The van der Waals surface area contributed by atoms with Crippen LogP contribution in [-0.2, 0) is 9.53 Å². The maximum absolute atomic E-state index is 11.9. The molecule has 1 aromatic rings.